The lowest BCUT2D eigenvalue weighted by Crippen LogP contribution is -2.39. The molecule has 1 aliphatic heterocycles. The van der Waals surface area contributed by atoms with Gasteiger partial charge in [0.1, 0.15) is 0 Å². The molecule has 144 valence electrons. The fourth-order valence-electron chi connectivity index (χ4n) is 3.18. The van der Waals surface area contributed by atoms with Gasteiger partial charge in [-0.15, -0.1) is 35.3 Å². The van der Waals surface area contributed by atoms with Gasteiger partial charge in [0.05, 0.1) is 6.54 Å². The van der Waals surface area contributed by atoms with E-state index in [9.17, 15) is 0 Å². The number of rotatable bonds is 8. The van der Waals surface area contributed by atoms with Gasteiger partial charge in [0, 0.05) is 22.8 Å². The molecule has 0 atom stereocenters. The summed E-state index contributed by atoms with van der Waals surface area (Å²) < 4.78 is 0. The molecule has 1 aliphatic rings. The molecule has 1 saturated heterocycles. The summed E-state index contributed by atoms with van der Waals surface area (Å²) >= 11 is 1.87. The molecule has 2 heterocycles. The molecule has 0 unspecified atom stereocenters. The van der Waals surface area contributed by atoms with Crippen molar-refractivity contribution in [3.8, 4) is 0 Å². The summed E-state index contributed by atoms with van der Waals surface area (Å²) in [5.41, 5.74) is 0. The summed E-state index contributed by atoms with van der Waals surface area (Å²) in [5, 5.41) is 6.88. The van der Waals surface area contributed by atoms with Crippen molar-refractivity contribution in [2.45, 2.75) is 53.0 Å². The number of nitrogens with one attached hydrogen (secondary N) is 2. The molecule has 25 heavy (non-hydrogen) atoms. The van der Waals surface area contributed by atoms with Gasteiger partial charge in [-0.3, -0.25) is 0 Å². The SMILES string of the molecule is CCNC(=NCc1ccc(CC)s1)NCCC1CCN(CC)CC1.I. The standard InChI is InChI=1S/C19H34N4S.HI/c1-4-17-7-8-18(24-17)15-22-19(20-5-2)21-12-9-16-10-13-23(6-3)14-11-16;/h7-8,16H,4-6,9-15H2,1-3H3,(H2,20,21,22);1H. The van der Waals surface area contributed by atoms with Crippen molar-refractivity contribution in [1.29, 1.82) is 0 Å². The van der Waals surface area contributed by atoms with E-state index in [4.69, 9.17) is 4.99 Å². The Kier molecular flexibility index (Phi) is 11.7. The number of aryl methyl sites for hydroxylation is 1. The lowest BCUT2D eigenvalue weighted by Gasteiger charge is -2.31. The van der Waals surface area contributed by atoms with Crippen LogP contribution in [0.5, 0.6) is 0 Å². The first-order valence-electron chi connectivity index (χ1n) is 9.57. The minimum Gasteiger partial charge on any atom is -0.357 e. The Morgan fingerprint density at radius 1 is 1.16 bits per heavy atom. The number of hydrogen-bond acceptors (Lipinski definition) is 3. The Morgan fingerprint density at radius 2 is 1.88 bits per heavy atom. The van der Waals surface area contributed by atoms with Crippen molar-refractivity contribution in [2.75, 3.05) is 32.7 Å². The number of aliphatic imine (C=N–C) groups is 1. The van der Waals surface area contributed by atoms with Crippen LogP contribution in [0.15, 0.2) is 17.1 Å². The highest BCUT2D eigenvalue weighted by molar-refractivity contribution is 14.0. The lowest BCUT2D eigenvalue weighted by molar-refractivity contribution is 0.187. The summed E-state index contributed by atoms with van der Waals surface area (Å²) in [7, 11) is 0. The number of nitrogens with zero attached hydrogens (tertiary/aromatic N) is 2. The maximum atomic E-state index is 4.74. The third-order valence-electron chi connectivity index (χ3n) is 4.80. The second-order valence-electron chi connectivity index (χ2n) is 6.51. The topological polar surface area (TPSA) is 39.7 Å². The summed E-state index contributed by atoms with van der Waals surface area (Å²) in [6.07, 6.45) is 5.06. The van der Waals surface area contributed by atoms with Gasteiger partial charge in [-0.25, -0.2) is 4.99 Å². The van der Waals surface area contributed by atoms with Gasteiger partial charge < -0.3 is 15.5 Å². The van der Waals surface area contributed by atoms with Gasteiger partial charge >= 0.3 is 0 Å². The van der Waals surface area contributed by atoms with Gasteiger partial charge in [-0.1, -0.05) is 13.8 Å². The number of halogens is 1. The molecule has 0 aromatic carbocycles. The number of piperidine rings is 1. The first-order chi connectivity index (χ1) is 11.7. The van der Waals surface area contributed by atoms with E-state index in [0.717, 1.165) is 37.9 Å². The maximum Gasteiger partial charge on any atom is 0.191 e. The molecule has 0 spiro atoms. The summed E-state index contributed by atoms with van der Waals surface area (Å²) in [4.78, 5) is 10.1. The largest absolute Gasteiger partial charge is 0.357 e. The van der Waals surface area contributed by atoms with Crippen molar-refractivity contribution in [3.63, 3.8) is 0 Å². The van der Waals surface area contributed by atoms with Crippen LogP contribution in [-0.4, -0.2) is 43.6 Å². The molecule has 0 bridgehead atoms. The van der Waals surface area contributed by atoms with Crippen molar-refractivity contribution >= 4 is 41.3 Å². The fourth-order valence-corrected chi connectivity index (χ4v) is 4.06. The van der Waals surface area contributed by atoms with Gasteiger partial charge in [-0.05, 0) is 70.3 Å². The van der Waals surface area contributed by atoms with E-state index in [-0.39, 0.29) is 24.0 Å². The zero-order chi connectivity index (χ0) is 17.2. The molecule has 0 aliphatic carbocycles. The van der Waals surface area contributed by atoms with Crippen LogP contribution in [-0.2, 0) is 13.0 Å². The van der Waals surface area contributed by atoms with Crippen LogP contribution in [0.2, 0.25) is 0 Å². The van der Waals surface area contributed by atoms with Gasteiger partial charge in [-0.2, -0.15) is 0 Å². The van der Waals surface area contributed by atoms with Crippen molar-refractivity contribution in [2.24, 2.45) is 10.9 Å². The summed E-state index contributed by atoms with van der Waals surface area (Å²) in [6, 6.07) is 4.43. The van der Waals surface area contributed by atoms with Crippen LogP contribution in [0.4, 0.5) is 0 Å². The monoisotopic (exact) mass is 478 g/mol. The first-order valence-corrected chi connectivity index (χ1v) is 10.4. The third kappa shape index (κ3) is 8.26. The second kappa shape index (κ2) is 12.9. The van der Waals surface area contributed by atoms with Crippen LogP contribution in [0.1, 0.15) is 49.8 Å². The number of guanidine groups is 1. The average molecular weight is 478 g/mol. The quantitative estimate of drug-likeness (QED) is 0.336. The maximum absolute atomic E-state index is 4.74. The minimum absolute atomic E-state index is 0. The highest BCUT2D eigenvalue weighted by atomic mass is 127. The van der Waals surface area contributed by atoms with E-state index in [1.165, 1.54) is 48.7 Å². The van der Waals surface area contributed by atoms with Crippen LogP contribution in [0.3, 0.4) is 0 Å². The molecular formula is C19H35IN4S. The zero-order valence-electron chi connectivity index (χ0n) is 16.0. The van der Waals surface area contributed by atoms with E-state index in [0.29, 0.717) is 0 Å². The van der Waals surface area contributed by atoms with Crippen molar-refractivity contribution in [3.05, 3.63) is 21.9 Å². The van der Waals surface area contributed by atoms with E-state index in [1.54, 1.807) is 0 Å². The number of hydrogen-bond donors (Lipinski definition) is 2. The first kappa shape index (κ1) is 22.7. The smallest absolute Gasteiger partial charge is 0.191 e. The Balaban J connectivity index is 0.00000312. The Hall–Kier alpha value is -0.340. The highest BCUT2D eigenvalue weighted by Crippen LogP contribution is 2.20. The predicted octanol–water partition coefficient (Wildman–Crippen LogP) is 4.11. The van der Waals surface area contributed by atoms with Crippen molar-refractivity contribution in [1.82, 2.24) is 15.5 Å². The number of thiophene rings is 1. The highest BCUT2D eigenvalue weighted by Gasteiger charge is 2.17. The molecule has 2 rings (SSSR count). The predicted molar refractivity (Wildman–Crippen MR) is 121 cm³/mol. The Labute approximate surface area is 174 Å². The average Bonchev–Trinajstić information content (AvgIpc) is 3.08. The molecule has 1 aromatic rings. The Morgan fingerprint density at radius 3 is 2.48 bits per heavy atom. The second-order valence-corrected chi connectivity index (χ2v) is 7.76. The molecule has 1 fully saturated rings. The fraction of sp³-hybridized carbons (Fsp3) is 0.737. The van der Waals surface area contributed by atoms with E-state index < -0.39 is 0 Å². The van der Waals surface area contributed by atoms with Crippen molar-refractivity contribution < 1.29 is 0 Å². The van der Waals surface area contributed by atoms with Crippen LogP contribution >= 0.6 is 35.3 Å². The molecule has 4 nitrogen and oxygen atoms in total. The van der Waals surface area contributed by atoms with Gasteiger partial charge in [0.15, 0.2) is 5.96 Å². The molecule has 0 radical (unpaired) electrons. The third-order valence-corrected chi connectivity index (χ3v) is 6.02. The summed E-state index contributed by atoms with van der Waals surface area (Å²) in [5.74, 6) is 1.82. The number of likely N-dealkylation sites (tertiary alicyclic amines) is 1. The zero-order valence-corrected chi connectivity index (χ0v) is 19.2. The van der Waals surface area contributed by atoms with Gasteiger partial charge in [0.2, 0.25) is 0 Å². The van der Waals surface area contributed by atoms with Crippen LogP contribution in [0, 0.1) is 5.92 Å². The van der Waals surface area contributed by atoms with E-state index in [2.05, 4.69) is 48.4 Å². The van der Waals surface area contributed by atoms with Crippen LogP contribution in [0.25, 0.3) is 0 Å². The minimum atomic E-state index is 0. The van der Waals surface area contributed by atoms with Crippen LogP contribution < -0.4 is 10.6 Å². The normalized spacial score (nSPS) is 16.5. The van der Waals surface area contributed by atoms with E-state index in [1.807, 2.05) is 11.3 Å². The molecule has 2 N–H and O–H groups in total. The van der Waals surface area contributed by atoms with Gasteiger partial charge in [0.25, 0.3) is 0 Å². The molecule has 1 aromatic heterocycles. The molecule has 6 heteroatoms. The Bertz CT molecular complexity index is 495. The molecular weight excluding hydrogens is 443 g/mol. The lowest BCUT2D eigenvalue weighted by atomic mass is 9.93. The molecule has 0 saturated carbocycles. The molecule has 0 amide bonds. The summed E-state index contributed by atoms with van der Waals surface area (Å²) in [6.45, 7) is 13.0. The van der Waals surface area contributed by atoms with E-state index >= 15 is 0 Å².